The normalized spacial score (nSPS) is 16.3. The lowest BCUT2D eigenvalue weighted by Gasteiger charge is -2.02. The summed E-state index contributed by atoms with van der Waals surface area (Å²) in [6.07, 6.45) is 1.79. The summed E-state index contributed by atoms with van der Waals surface area (Å²) >= 11 is 0. The summed E-state index contributed by atoms with van der Waals surface area (Å²) in [5.74, 6) is 0.444. The monoisotopic (exact) mass is 233 g/mol. The van der Waals surface area contributed by atoms with E-state index in [1.807, 2.05) is 6.92 Å². The van der Waals surface area contributed by atoms with E-state index in [9.17, 15) is 8.42 Å². The van der Waals surface area contributed by atoms with Crippen molar-refractivity contribution in [3.8, 4) is 0 Å². The summed E-state index contributed by atoms with van der Waals surface area (Å²) in [7, 11) is -3.20. The highest BCUT2D eigenvalue weighted by molar-refractivity contribution is 7.90. The van der Waals surface area contributed by atoms with Crippen molar-refractivity contribution in [1.82, 2.24) is 10.1 Å². The second-order valence-electron chi connectivity index (χ2n) is 3.48. The second-order valence-corrected chi connectivity index (χ2v) is 5.84. The van der Waals surface area contributed by atoms with Crippen molar-refractivity contribution >= 4 is 9.84 Å². The Morgan fingerprint density at radius 3 is 2.60 bits per heavy atom. The van der Waals surface area contributed by atoms with Gasteiger partial charge in [0.05, 0.1) is 6.04 Å². The lowest BCUT2D eigenvalue weighted by Crippen LogP contribution is -2.11. The highest BCUT2D eigenvalue weighted by atomic mass is 32.2. The van der Waals surface area contributed by atoms with E-state index < -0.39 is 15.1 Å². The van der Waals surface area contributed by atoms with Crippen LogP contribution in [0.15, 0.2) is 4.52 Å². The SMILES string of the molecule is CC[C@H](N)c1nc(C(C)S(C)(=O)=O)no1. The molecular weight excluding hydrogens is 218 g/mol. The molecule has 2 atom stereocenters. The van der Waals surface area contributed by atoms with Gasteiger partial charge < -0.3 is 10.3 Å². The van der Waals surface area contributed by atoms with Crippen molar-refractivity contribution in [1.29, 1.82) is 0 Å². The van der Waals surface area contributed by atoms with Gasteiger partial charge in [-0.05, 0) is 13.3 Å². The van der Waals surface area contributed by atoms with E-state index in [1.165, 1.54) is 6.92 Å². The van der Waals surface area contributed by atoms with Crippen LogP contribution < -0.4 is 5.73 Å². The predicted molar refractivity (Wildman–Crippen MR) is 54.8 cm³/mol. The highest BCUT2D eigenvalue weighted by Gasteiger charge is 2.24. The van der Waals surface area contributed by atoms with Crippen LogP contribution >= 0.6 is 0 Å². The van der Waals surface area contributed by atoms with Crippen LogP contribution in [0, 0.1) is 0 Å². The molecule has 1 unspecified atom stereocenters. The quantitative estimate of drug-likeness (QED) is 0.816. The first-order valence-corrected chi connectivity index (χ1v) is 6.59. The number of sulfone groups is 1. The minimum absolute atomic E-state index is 0.163. The van der Waals surface area contributed by atoms with E-state index in [1.54, 1.807) is 0 Å². The van der Waals surface area contributed by atoms with Crippen LogP contribution in [0.25, 0.3) is 0 Å². The van der Waals surface area contributed by atoms with Gasteiger partial charge in [-0.3, -0.25) is 0 Å². The first kappa shape index (κ1) is 12.1. The summed E-state index contributed by atoms with van der Waals surface area (Å²) < 4.78 is 27.3. The highest BCUT2D eigenvalue weighted by Crippen LogP contribution is 2.19. The molecule has 6 nitrogen and oxygen atoms in total. The molecule has 0 saturated heterocycles. The van der Waals surface area contributed by atoms with Crippen molar-refractivity contribution < 1.29 is 12.9 Å². The van der Waals surface area contributed by atoms with Crippen LogP contribution in [0.1, 0.15) is 43.3 Å². The van der Waals surface area contributed by atoms with Gasteiger partial charge >= 0.3 is 0 Å². The molecule has 0 saturated carbocycles. The molecule has 0 amide bonds. The summed E-state index contributed by atoms with van der Waals surface area (Å²) in [5.41, 5.74) is 5.67. The van der Waals surface area contributed by atoms with Crippen molar-refractivity contribution in [3.05, 3.63) is 11.7 Å². The number of hydrogen-bond donors (Lipinski definition) is 1. The lowest BCUT2D eigenvalue weighted by atomic mass is 10.2. The Kier molecular flexibility index (Phi) is 3.46. The van der Waals surface area contributed by atoms with Gasteiger partial charge in [0.2, 0.25) is 5.89 Å². The van der Waals surface area contributed by atoms with Crippen molar-refractivity contribution in [2.75, 3.05) is 6.26 Å². The smallest absolute Gasteiger partial charge is 0.243 e. The Hall–Kier alpha value is -0.950. The number of hydrogen-bond acceptors (Lipinski definition) is 6. The third kappa shape index (κ3) is 2.75. The van der Waals surface area contributed by atoms with Crippen molar-refractivity contribution in [3.63, 3.8) is 0 Å². The van der Waals surface area contributed by atoms with Crippen molar-refractivity contribution in [2.45, 2.75) is 31.6 Å². The molecule has 0 aliphatic rings. The average Bonchev–Trinajstić information content (AvgIpc) is 2.62. The fourth-order valence-electron chi connectivity index (χ4n) is 0.929. The molecule has 1 aromatic rings. The molecular formula is C8H15N3O3S. The first-order valence-electron chi connectivity index (χ1n) is 4.64. The lowest BCUT2D eigenvalue weighted by molar-refractivity contribution is 0.348. The largest absolute Gasteiger partial charge is 0.338 e. The van der Waals surface area contributed by atoms with Crippen LogP contribution in [0.2, 0.25) is 0 Å². The van der Waals surface area contributed by atoms with Crippen LogP contribution in [0.4, 0.5) is 0 Å². The minimum Gasteiger partial charge on any atom is -0.338 e. The molecule has 1 aromatic heterocycles. The fraction of sp³-hybridized carbons (Fsp3) is 0.750. The van der Waals surface area contributed by atoms with Gasteiger partial charge in [0, 0.05) is 6.26 Å². The Bertz CT molecular complexity index is 426. The third-order valence-electron chi connectivity index (χ3n) is 2.22. The zero-order valence-electron chi connectivity index (χ0n) is 8.97. The molecule has 7 heteroatoms. The van der Waals surface area contributed by atoms with Gasteiger partial charge in [-0.2, -0.15) is 4.98 Å². The molecule has 0 radical (unpaired) electrons. The van der Waals surface area contributed by atoms with E-state index in [0.29, 0.717) is 6.42 Å². The van der Waals surface area contributed by atoms with Crippen molar-refractivity contribution in [2.24, 2.45) is 5.73 Å². The van der Waals surface area contributed by atoms with Gasteiger partial charge in [-0.15, -0.1) is 0 Å². The van der Waals surface area contributed by atoms with Gasteiger partial charge in [0.25, 0.3) is 0 Å². The molecule has 0 aliphatic carbocycles. The molecule has 0 spiro atoms. The Labute approximate surface area is 88.8 Å². The van der Waals surface area contributed by atoms with Gasteiger partial charge in [0.1, 0.15) is 5.25 Å². The van der Waals surface area contributed by atoms with Gasteiger partial charge in [0.15, 0.2) is 15.7 Å². The molecule has 0 aromatic carbocycles. The summed E-state index contributed by atoms with van der Waals surface area (Å²) in [5, 5.41) is 2.84. The molecule has 0 bridgehead atoms. The molecule has 1 rings (SSSR count). The molecule has 15 heavy (non-hydrogen) atoms. The predicted octanol–water partition coefficient (Wildman–Crippen LogP) is 0.585. The summed E-state index contributed by atoms with van der Waals surface area (Å²) in [6.45, 7) is 3.40. The van der Waals surface area contributed by atoms with E-state index in [0.717, 1.165) is 6.26 Å². The van der Waals surface area contributed by atoms with E-state index in [4.69, 9.17) is 10.3 Å². The maximum atomic E-state index is 11.2. The second kappa shape index (κ2) is 4.28. The molecule has 0 fully saturated rings. The van der Waals surface area contributed by atoms with Crippen LogP contribution in [-0.4, -0.2) is 24.8 Å². The minimum atomic E-state index is -3.20. The fourth-order valence-corrected chi connectivity index (χ4v) is 1.41. The van der Waals surface area contributed by atoms with E-state index in [-0.39, 0.29) is 17.8 Å². The third-order valence-corrected chi connectivity index (χ3v) is 3.72. The summed E-state index contributed by atoms with van der Waals surface area (Å²) in [4.78, 5) is 3.97. The van der Waals surface area contributed by atoms with E-state index >= 15 is 0 Å². The van der Waals surface area contributed by atoms with Crippen LogP contribution in [-0.2, 0) is 9.84 Å². The number of rotatable bonds is 4. The average molecular weight is 233 g/mol. The molecule has 2 N–H and O–H groups in total. The Morgan fingerprint density at radius 1 is 1.53 bits per heavy atom. The molecule has 1 heterocycles. The Morgan fingerprint density at radius 2 is 2.13 bits per heavy atom. The molecule has 86 valence electrons. The van der Waals surface area contributed by atoms with Gasteiger partial charge in [-0.1, -0.05) is 12.1 Å². The van der Waals surface area contributed by atoms with Crippen LogP contribution in [0.5, 0.6) is 0 Å². The maximum absolute atomic E-state index is 11.2. The Balaban J connectivity index is 2.94. The number of nitrogens with zero attached hydrogens (tertiary/aromatic N) is 2. The number of nitrogens with two attached hydrogens (primary N) is 1. The molecule has 0 aliphatic heterocycles. The standard InChI is InChI=1S/C8H15N3O3S/c1-4-6(9)8-10-7(11-14-8)5(2)15(3,12)13/h5-6H,4,9H2,1-3H3/t5?,6-/m0/s1. The van der Waals surface area contributed by atoms with Crippen LogP contribution in [0.3, 0.4) is 0 Å². The van der Waals surface area contributed by atoms with E-state index in [2.05, 4.69) is 10.1 Å². The zero-order chi connectivity index (χ0) is 11.6. The topological polar surface area (TPSA) is 99.1 Å². The maximum Gasteiger partial charge on any atom is 0.243 e. The van der Waals surface area contributed by atoms with Gasteiger partial charge in [-0.25, -0.2) is 8.42 Å². The summed E-state index contributed by atoms with van der Waals surface area (Å²) in [6, 6.07) is -0.335. The first-order chi connectivity index (χ1) is 6.86. The number of aromatic nitrogens is 2. The zero-order valence-corrected chi connectivity index (χ0v) is 9.78.